The van der Waals surface area contributed by atoms with Crippen LogP contribution in [0.5, 0.6) is 0 Å². The molecule has 0 spiro atoms. The van der Waals surface area contributed by atoms with Crippen LogP contribution in [0, 0.1) is 16.0 Å². The first kappa shape index (κ1) is 14.5. The first-order valence-corrected chi connectivity index (χ1v) is 7.31. The Balaban J connectivity index is 1.65. The van der Waals surface area contributed by atoms with Crippen LogP contribution in [0.2, 0.25) is 5.02 Å². The highest BCUT2D eigenvalue weighted by molar-refractivity contribution is 6.33. The van der Waals surface area contributed by atoms with E-state index in [1.165, 1.54) is 12.3 Å². The summed E-state index contributed by atoms with van der Waals surface area (Å²) in [5.74, 6) is 0.995. The molecule has 0 atom stereocenters. The number of nitro groups is 1. The van der Waals surface area contributed by atoms with Crippen molar-refractivity contribution in [3.63, 3.8) is 0 Å². The first-order valence-electron chi connectivity index (χ1n) is 6.93. The lowest BCUT2D eigenvalue weighted by Gasteiger charge is -2.34. The van der Waals surface area contributed by atoms with Gasteiger partial charge in [0.1, 0.15) is 12.0 Å². The van der Waals surface area contributed by atoms with Crippen molar-refractivity contribution < 1.29 is 14.4 Å². The summed E-state index contributed by atoms with van der Waals surface area (Å²) in [7, 11) is 0. The molecule has 0 bridgehead atoms. The number of pyridine rings is 1. The van der Waals surface area contributed by atoms with Gasteiger partial charge in [0.25, 0.3) is 5.69 Å². The number of anilines is 1. The molecule has 7 nitrogen and oxygen atoms in total. The molecule has 2 fully saturated rings. The summed E-state index contributed by atoms with van der Waals surface area (Å²) in [6, 6.07) is 1.35. The summed E-state index contributed by atoms with van der Waals surface area (Å²) < 4.78 is 11.1. The van der Waals surface area contributed by atoms with E-state index in [-0.39, 0.29) is 12.0 Å². The van der Waals surface area contributed by atoms with E-state index in [4.69, 9.17) is 21.1 Å². The van der Waals surface area contributed by atoms with Gasteiger partial charge in [-0.25, -0.2) is 4.98 Å². The highest BCUT2D eigenvalue weighted by Gasteiger charge is 2.31. The van der Waals surface area contributed by atoms with Crippen LogP contribution in [-0.2, 0) is 9.47 Å². The second-order valence-electron chi connectivity index (χ2n) is 5.19. The highest BCUT2D eigenvalue weighted by atomic mass is 35.5. The third kappa shape index (κ3) is 3.09. The quantitative estimate of drug-likeness (QED) is 0.629. The number of ether oxygens (including phenoxy) is 2. The van der Waals surface area contributed by atoms with Gasteiger partial charge in [-0.05, 0) is 12.8 Å². The van der Waals surface area contributed by atoms with Crippen LogP contribution in [0.25, 0.3) is 0 Å². The largest absolute Gasteiger partial charge is 0.355 e. The van der Waals surface area contributed by atoms with E-state index >= 15 is 0 Å². The van der Waals surface area contributed by atoms with Gasteiger partial charge in [0, 0.05) is 25.1 Å². The van der Waals surface area contributed by atoms with Gasteiger partial charge in [-0.15, -0.1) is 0 Å². The van der Waals surface area contributed by atoms with Crippen molar-refractivity contribution in [1.29, 1.82) is 0 Å². The molecule has 0 aromatic carbocycles. The molecule has 2 aliphatic rings. The van der Waals surface area contributed by atoms with Crippen molar-refractivity contribution in [2.75, 3.05) is 31.2 Å². The van der Waals surface area contributed by atoms with Gasteiger partial charge in [0.2, 0.25) is 0 Å². The summed E-state index contributed by atoms with van der Waals surface area (Å²) in [4.78, 5) is 16.4. The minimum Gasteiger partial charge on any atom is -0.355 e. The summed E-state index contributed by atoms with van der Waals surface area (Å²) in [6.07, 6.45) is 3.02. The van der Waals surface area contributed by atoms with Crippen molar-refractivity contribution in [3.8, 4) is 0 Å². The molecule has 114 valence electrons. The number of rotatable bonds is 3. The van der Waals surface area contributed by atoms with Crippen molar-refractivity contribution in [2.45, 2.75) is 19.1 Å². The van der Waals surface area contributed by atoms with Gasteiger partial charge in [0.05, 0.1) is 23.2 Å². The molecule has 0 N–H and O–H groups in total. The number of piperidine rings is 1. The van der Waals surface area contributed by atoms with Crippen LogP contribution in [-0.4, -0.2) is 42.5 Å². The minimum atomic E-state index is -0.496. The second-order valence-corrected chi connectivity index (χ2v) is 5.60. The normalized spacial score (nSPS) is 20.9. The summed E-state index contributed by atoms with van der Waals surface area (Å²) >= 11 is 6.11. The number of nitrogens with zero attached hydrogens (tertiary/aromatic N) is 3. The van der Waals surface area contributed by atoms with E-state index in [1.54, 1.807) is 0 Å². The molecule has 0 aliphatic carbocycles. The van der Waals surface area contributed by atoms with Crippen molar-refractivity contribution in [2.24, 2.45) is 5.92 Å². The maximum atomic E-state index is 10.7. The topological polar surface area (TPSA) is 77.7 Å². The SMILES string of the molecule is O=[N+]([O-])c1cnc(N2CCC(C3OCCO3)CC2)c(Cl)c1. The lowest BCUT2D eigenvalue weighted by atomic mass is 9.96. The lowest BCUT2D eigenvalue weighted by Crippen LogP contribution is -2.38. The molecule has 0 unspecified atom stereocenters. The zero-order valence-electron chi connectivity index (χ0n) is 11.4. The van der Waals surface area contributed by atoms with Crippen LogP contribution in [0.15, 0.2) is 12.3 Å². The van der Waals surface area contributed by atoms with Gasteiger partial charge < -0.3 is 14.4 Å². The zero-order valence-corrected chi connectivity index (χ0v) is 12.2. The van der Waals surface area contributed by atoms with Gasteiger partial charge in [-0.1, -0.05) is 11.6 Å². The summed E-state index contributed by atoms with van der Waals surface area (Å²) in [5.41, 5.74) is -0.0913. The molecule has 3 heterocycles. The fraction of sp³-hybridized carbons (Fsp3) is 0.615. The second kappa shape index (κ2) is 6.13. The molecule has 2 saturated heterocycles. The molecule has 8 heteroatoms. The predicted molar refractivity (Wildman–Crippen MR) is 76.5 cm³/mol. The Morgan fingerprint density at radius 2 is 2.00 bits per heavy atom. The fourth-order valence-corrected chi connectivity index (χ4v) is 3.07. The zero-order chi connectivity index (χ0) is 14.8. The Kier molecular flexibility index (Phi) is 4.23. The average molecular weight is 314 g/mol. The van der Waals surface area contributed by atoms with Crippen LogP contribution in [0.1, 0.15) is 12.8 Å². The fourth-order valence-electron chi connectivity index (χ4n) is 2.79. The predicted octanol–water partition coefficient (Wildman–Crippen LogP) is 2.23. The van der Waals surface area contributed by atoms with Crippen LogP contribution in [0.3, 0.4) is 0 Å². The van der Waals surface area contributed by atoms with E-state index < -0.39 is 4.92 Å². The molecular weight excluding hydrogens is 298 g/mol. The van der Waals surface area contributed by atoms with Crippen LogP contribution in [0.4, 0.5) is 11.5 Å². The van der Waals surface area contributed by atoms with Crippen molar-refractivity contribution >= 4 is 23.1 Å². The molecule has 0 amide bonds. The van der Waals surface area contributed by atoms with Crippen LogP contribution >= 0.6 is 11.6 Å². The van der Waals surface area contributed by atoms with E-state index in [2.05, 4.69) is 9.88 Å². The maximum absolute atomic E-state index is 10.7. The third-order valence-corrected chi connectivity index (χ3v) is 4.17. The van der Waals surface area contributed by atoms with E-state index in [9.17, 15) is 10.1 Å². The number of hydrogen-bond donors (Lipinski definition) is 0. The highest BCUT2D eigenvalue weighted by Crippen LogP contribution is 2.32. The van der Waals surface area contributed by atoms with Gasteiger partial charge >= 0.3 is 0 Å². The number of hydrogen-bond acceptors (Lipinski definition) is 6. The molecule has 0 radical (unpaired) electrons. The van der Waals surface area contributed by atoms with E-state index in [0.717, 1.165) is 25.9 Å². The van der Waals surface area contributed by atoms with Crippen molar-refractivity contribution in [3.05, 3.63) is 27.4 Å². The van der Waals surface area contributed by atoms with Gasteiger partial charge in [-0.3, -0.25) is 10.1 Å². The first-order chi connectivity index (χ1) is 10.1. The third-order valence-electron chi connectivity index (χ3n) is 3.89. The molecule has 0 saturated carbocycles. The van der Waals surface area contributed by atoms with E-state index in [0.29, 0.717) is 30.0 Å². The summed E-state index contributed by atoms with van der Waals surface area (Å²) in [6.45, 7) is 2.91. The average Bonchev–Trinajstić information content (AvgIpc) is 3.01. The molecule has 1 aromatic heterocycles. The molecule has 1 aromatic rings. The Hall–Kier alpha value is -1.44. The number of aromatic nitrogens is 1. The van der Waals surface area contributed by atoms with Crippen molar-refractivity contribution in [1.82, 2.24) is 4.98 Å². The van der Waals surface area contributed by atoms with Gasteiger partial charge in [-0.2, -0.15) is 0 Å². The van der Waals surface area contributed by atoms with E-state index in [1.807, 2.05) is 0 Å². The Morgan fingerprint density at radius 1 is 1.33 bits per heavy atom. The molecule has 21 heavy (non-hydrogen) atoms. The maximum Gasteiger partial charge on any atom is 0.289 e. The molecule has 2 aliphatic heterocycles. The Bertz CT molecular complexity index is 528. The Morgan fingerprint density at radius 3 is 2.57 bits per heavy atom. The minimum absolute atomic E-state index is 0.0903. The number of halogens is 1. The smallest absolute Gasteiger partial charge is 0.289 e. The standard InChI is InChI=1S/C13H16ClN3O4/c14-11-7-10(17(18)19)8-15-12(11)16-3-1-9(2-4-16)13-20-5-6-21-13/h7-9,13H,1-6H2. The monoisotopic (exact) mass is 313 g/mol. The van der Waals surface area contributed by atoms with Crippen LogP contribution < -0.4 is 4.90 Å². The molecular formula is C13H16ClN3O4. The van der Waals surface area contributed by atoms with Gasteiger partial charge in [0.15, 0.2) is 6.29 Å². The summed E-state index contributed by atoms with van der Waals surface area (Å²) in [5, 5.41) is 11.0. The molecule has 3 rings (SSSR count). The Labute approximate surface area is 127 Å². The lowest BCUT2D eigenvalue weighted by molar-refractivity contribution is -0.385.